The van der Waals surface area contributed by atoms with E-state index in [4.69, 9.17) is 14.9 Å². The number of aromatic nitrogens is 1. The lowest BCUT2D eigenvalue weighted by molar-refractivity contribution is -0.0630. The first-order chi connectivity index (χ1) is 8.23. The smallest absolute Gasteiger partial charge is 0.192 e. The summed E-state index contributed by atoms with van der Waals surface area (Å²) in [7, 11) is 0. The Morgan fingerprint density at radius 3 is 2.88 bits per heavy atom. The molecule has 0 spiro atoms. The second kappa shape index (κ2) is 3.82. The third-order valence-electron chi connectivity index (χ3n) is 3.49. The van der Waals surface area contributed by atoms with Crippen molar-refractivity contribution in [2.24, 2.45) is 5.73 Å². The van der Waals surface area contributed by atoms with E-state index in [1.165, 1.54) is 5.56 Å². The summed E-state index contributed by atoms with van der Waals surface area (Å²) >= 11 is 0. The van der Waals surface area contributed by atoms with E-state index in [9.17, 15) is 0 Å². The third kappa shape index (κ3) is 1.64. The van der Waals surface area contributed by atoms with Crippen LogP contribution in [0.5, 0.6) is 0 Å². The standard InChI is InChI=1S/C13H16N2O2/c1-9-15-11-6-10(2-3-12(11)17-9)13(4-5-14)7-16-8-13/h2-3,6H,4-5,7-8,14H2,1H3. The maximum absolute atomic E-state index is 5.69. The molecule has 4 nitrogen and oxygen atoms in total. The van der Waals surface area contributed by atoms with Gasteiger partial charge < -0.3 is 14.9 Å². The molecule has 2 heterocycles. The van der Waals surface area contributed by atoms with Gasteiger partial charge in [0, 0.05) is 12.3 Å². The highest BCUT2D eigenvalue weighted by molar-refractivity contribution is 5.74. The Kier molecular flexibility index (Phi) is 2.42. The number of fused-ring (bicyclic) bond motifs is 1. The Bertz CT molecular complexity index is 543. The van der Waals surface area contributed by atoms with Crippen LogP contribution in [0.15, 0.2) is 22.6 Å². The number of benzene rings is 1. The van der Waals surface area contributed by atoms with Crippen LogP contribution in [-0.4, -0.2) is 24.7 Å². The van der Waals surface area contributed by atoms with Gasteiger partial charge in [0.1, 0.15) is 5.52 Å². The lowest BCUT2D eigenvalue weighted by Gasteiger charge is -2.41. The van der Waals surface area contributed by atoms with Crippen molar-refractivity contribution in [1.29, 1.82) is 0 Å². The predicted octanol–water partition coefficient (Wildman–Crippen LogP) is 1.75. The van der Waals surface area contributed by atoms with E-state index in [0.29, 0.717) is 12.4 Å². The highest BCUT2D eigenvalue weighted by atomic mass is 16.5. The van der Waals surface area contributed by atoms with Crippen LogP contribution in [-0.2, 0) is 10.2 Å². The number of hydrogen-bond acceptors (Lipinski definition) is 4. The lowest BCUT2D eigenvalue weighted by Crippen LogP contribution is -2.48. The van der Waals surface area contributed by atoms with Gasteiger partial charge in [-0.25, -0.2) is 4.98 Å². The van der Waals surface area contributed by atoms with Crippen LogP contribution >= 0.6 is 0 Å². The molecule has 17 heavy (non-hydrogen) atoms. The van der Waals surface area contributed by atoms with Crippen LogP contribution in [0.2, 0.25) is 0 Å². The van der Waals surface area contributed by atoms with Crippen molar-refractivity contribution < 1.29 is 9.15 Å². The fourth-order valence-electron chi connectivity index (χ4n) is 2.45. The molecule has 2 aromatic rings. The molecule has 1 saturated heterocycles. The molecule has 1 aromatic carbocycles. The molecule has 1 aliphatic rings. The average molecular weight is 232 g/mol. The molecule has 4 heteroatoms. The molecule has 0 amide bonds. The molecule has 90 valence electrons. The third-order valence-corrected chi connectivity index (χ3v) is 3.49. The predicted molar refractivity (Wildman–Crippen MR) is 64.9 cm³/mol. The Hall–Kier alpha value is -1.39. The number of rotatable bonds is 3. The van der Waals surface area contributed by atoms with E-state index in [0.717, 1.165) is 30.7 Å². The van der Waals surface area contributed by atoms with E-state index < -0.39 is 0 Å². The summed E-state index contributed by atoms with van der Waals surface area (Å²) in [6, 6.07) is 6.19. The summed E-state index contributed by atoms with van der Waals surface area (Å²) in [6.45, 7) is 4.06. The van der Waals surface area contributed by atoms with Gasteiger partial charge in [-0.2, -0.15) is 0 Å². The van der Waals surface area contributed by atoms with Gasteiger partial charge >= 0.3 is 0 Å². The van der Waals surface area contributed by atoms with Crippen LogP contribution in [0.25, 0.3) is 11.1 Å². The maximum atomic E-state index is 5.69. The zero-order chi connectivity index (χ0) is 11.9. The Morgan fingerprint density at radius 1 is 1.41 bits per heavy atom. The molecule has 0 bridgehead atoms. The summed E-state index contributed by atoms with van der Waals surface area (Å²) in [5.41, 5.74) is 8.80. The van der Waals surface area contributed by atoms with Gasteiger partial charge in [-0.15, -0.1) is 0 Å². The molecular weight excluding hydrogens is 216 g/mol. The van der Waals surface area contributed by atoms with Crippen LogP contribution < -0.4 is 5.73 Å². The number of oxazole rings is 1. The zero-order valence-electron chi connectivity index (χ0n) is 9.90. The minimum absolute atomic E-state index is 0.0931. The van der Waals surface area contributed by atoms with E-state index in [1.807, 2.05) is 13.0 Å². The minimum atomic E-state index is 0.0931. The second-order valence-electron chi connectivity index (χ2n) is 4.73. The molecule has 0 atom stereocenters. The SMILES string of the molecule is Cc1nc2cc(C3(CCN)COC3)ccc2o1. The molecular formula is C13H16N2O2. The van der Waals surface area contributed by atoms with E-state index in [1.54, 1.807) is 0 Å². The second-order valence-corrected chi connectivity index (χ2v) is 4.73. The van der Waals surface area contributed by atoms with E-state index in [2.05, 4.69) is 17.1 Å². The van der Waals surface area contributed by atoms with Gasteiger partial charge in [0.25, 0.3) is 0 Å². The molecule has 1 fully saturated rings. The monoisotopic (exact) mass is 232 g/mol. The maximum Gasteiger partial charge on any atom is 0.192 e. The Morgan fingerprint density at radius 2 is 2.24 bits per heavy atom. The summed E-state index contributed by atoms with van der Waals surface area (Å²) in [5.74, 6) is 0.704. The number of nitrogens with zero attached hydrogens (tertiary/aromatic N) is 1. The molecule has 1 aromatic heterocycles. The fraction of sp³-hybridized carbons (Fsp3) is 0.462. The van der Waals surface area contributed by atoms with Crippen molar-refractivity contribution in [1.82, 2.24) is 4.98 Å². The molecule has 1 aliphatic heterocycles. The zero-order valence-corrected chi connectivity index (χ0v) is 9.90. The summed E-state index contributed by atoms with van der Waals surface area (Å²) in [4.78, 5) is 4.37. The van der Waals surface area contributed by atoms with Gasteiger partial charge in [-0.05, 0) is 30.7 Å². The summed E-state index contributed by atoms with van der Waals surface area (Å²) < 4.78 is 10.8. The fourth-order valence-corrected chi connectivity index (χ4v) is 2.45. The van der Waals surface area contributed by atoms with Crippen molar-refractivity contribution in [2.45, 2.75) is 18.8 Å². The first-order valence-corrected chi connectivity index (χ1v) is 5.89. The van der Waals surface area contributed by atoms with Gasteiger partial charge in [-0.1, -0.05) is 6.07 Å². The Labute approximate surface area is 99.8 Å². The summed E-state index contributed by atoms with van der Waals surface area (Å²) in [5, 5.41) is 0. The molecule has 0 aliphatic carbocycles. The largest absolute Gasteiger partial charge is 0.441 e. The lowest BCUT2D eigenvalue weighted by atomic mass is 9.76. The number of ether oxygens (including phenoxy) is 1. The molecule has 2 N–H and O–H groups in total. The topological polar surface area (TPSA) is 61.3 Å². The van der Waals surface area contributed by atoms with Crippen molar-refractivity contribution in [3.8, 4) is 0 Å². The molecule has 3 rings (SSSR count). The van der Waals surface area contributed by atoms with E-state index >= 15 is 0 Å². The van der Waals surface area contributed by atoms with Crippen LogP contribution in [0.3, 0.4) is 0 Å². The first kappa shape index (κ1) is 10.7. The quantitative estimate of drug-likeness (QED) is 0.875. The van der Waals surface area contributed by atoms with Gasteiger partial charge in [-0.3, -0.25) is 0 Å². The number of hydrogen-bond donors (Lipinski definition) is 1. The molecule has 0 radical (unpaired) electrons. The highest BCUT2D eigenvalue weighted by Crippen LogP contribution is 2.36. The highest BCUT2D eigenvalue weighted by Gasteiger charge is 2.39. The van der Waals surface area contributed by atoms with Crippen molar-refractivity contribution in [3.63, 3.8) is 0 Å². The van der Waals surface area contributed by atoms with Crippen molar-refractivity contribution in [3.05, 3.63) is 29.7 Å². The summed E-state index contributed by atoms with van der Waals surface area (Å²) in [6.07, 6.45) is 0.954. The van der Waals surface area contributed by atoms with Gasteiger partial charge in [0.2, 0.25) is 0 Å². The van der Waals surface area contributed by atoms with Crippen molar-refractivity contribution >= 4 is 11.1 Å². The normalized spacial score (nSPS) is 18.2. The van der Waals surface area contributed by atoms with Crippen LogP contribution in [0.4, 0.5) is 0 Å². The number of aryl methyl sites for hydroxylation is 1. The van der Waals surface area contributed by atoms with Crippen LogP contribution in [0.1, 0.15) is 17.9 Å². The van der Waals surface area contributed by atoms with Gasteiger partial charge in [0.15, 0.2) is 11.5 Å². The van der Waals surface area contributed by atoms with Gasteiger partial charge in [0.05, 0.1) is 13.2 Å². The molecule has 0 saturated carbocycles. The minimum Gasteiger partial charge on any atom is -0.441 e. The van der Waals surface area contributed by atoms with Crippen LogP contribution in [0, 0.1) is 6.92 Å². The van der Waals surface area contributed by atoms with E-state index in [-0.39, 0.29) is 5.41 Å². The Balaban J connectivity index is 2.04. The number of nitrogens with two attached hydrogens (primary N) is 1. The average Bonchev–Trinajstić information content (AvgIpc) is 2.62. The molecule has 0 unspecified atom stereocenters. The van der Waals surface area contributed by atoms with Crippen molar-refractivity contribution in [2.75, 3.05) is 19.8 Å². The first-order valence-electron chi connectivity index (χ1n) is 5.89.